The highest BCUT2D eigenvalue weighted by Crippen LogP contribution is 2.20. The van der Waals surface area contributed by atoms with Crippen LogP contribution in [0.4, 0.5) is 0 Å². The highest BCUT2D eigenvalue weighted by Gasteiger charge is 2.18. The first kappa shape index (κ1) is 14.4. The summed E-state index contributed by atoms with van der Waals surface area (Å²) in [5.41, 5.74) is 2.55. The molecule has 1 unspecified atom stereocenters. The molecule has 0 saturated carbocycles. The van der Waals surface area contributed by atoms with Crippen molar-refractivity contribution in [1.29, 1.82) is 0 Å². The molecule has 1 aliphatic rings. The SMILES string of the molecule is CCN1CCCC(NCc2cc(C)ccc2OC)C1. The van der Waals surface area contributed by atoms with E-state index in [1.54, 1.807) is 7.11 Å². The molecule has 1 heterocycles. The van der Waals surface area contributed by atoms with Gasteiger partial charge < -0.3 is 15.0 Å². The molecule has 2 rings (SSSR count). The summed E-state index contributed by atoms with van der Waals surface area (Å²) in [4.78, 5) is 2.52. The first-order chi connectivity index (χ1) is 9.22. The molecule has 0 amide bonds. The Labute approximate surface area is 116 Å². The monoisotopic (exact) mass is 262 g/mol. The maximum Gasteiger partial charge on any atom is 0.123 e. The van der Waals surface area contributed by atoms with Crippen molar-refractivity contribution >= 4 is 0 Å². The van der Waals surface area contributed by atoms with E-state index in [2.05, 4.69) is 42.3 Å². The number of rotatable bonds is 5. The third-order valence-corrected chi connectivity index (χ3v) is 3.97. The number of ether oxygens (including phenoxy) is 1. The van der Waals surface area contributed by atoms with Gasteiger partial charge in [-0.3, -0.25) is 0 Å². The van der Waals surface area contributed by atoms with Crippen LogP contribution in [0.2, 0.25) is 0 Å². The van der Waals surface area contributed by atoms with E-state index in [0.717, 1.165) is 18.8 Å². The lowest BCUT2D eigenvalue weighted by Crippen LogP contribution is -2.45. The molecular weight excluding hydrogens is 236 g/mol. The lowest BCUT2D eigenvalue weighted by molar-refractivity contribution is 0.198. The Kier molecular flexibility index (Phi) is 5.23. The summed E-state index contributed by atoms with van der Waals surface area (Å²) in [6, 6.07) is 6.98. The Morgan fingerprint density at radius 3 is 3.00 bits per heavy atom. The summed E-state index contributed by atoms with van der Waals surface area (Å²) in [5, 5.41) is 3.68. The molecule has 1 aliphatic heterocycles. The zero-order valence-corrected chi connectivity index (χ0v) is 12.4. The first-order valence-corrected chi connectivity index (χ1v) is 7.32. The van der Waals surface area contributed by atoms with Crippen molar-refractivity contribution in [2.75, 3.05) is 26.7 Å². The van der Waals surface area contributed by atoms with Crippen LogP contribution in [0.15, 0.2) is 18.2 Å². The average molecular weight is 262 g/mol. The summed E-state index contributed by atoms with van der Waals surface area (Å²) < 4.78 is 5.43. The van der Waals surface area contributed by atoms with Crippen molar-refractivity contribution in [2.45, 2.75) is 39.3 Å². The van der Waals surface area contributed by atoms with Gasteiger partial charge in [-0.2, -0.15) is 0 Å². The van der Waals surface area contributed by atoms with E-state index < -0.39 is 0 Å². The normalized spacial score (nSPS) is 20.5. The molecule has 1 fully saturated rings. The van der Waals surface area contributed by atoms with Gasteiger partial charge in [0.05, 0.1) is 7.11 Å². The quantitative estimate of drug-likeness (QED) is 0.882. The summed E-state index contributed by atoms with van der Waals surface area (Å²) in [7, 11) is 1.74. The van der Waals surface area contributed by atoms with Crippen LogP contribution in [0.3, 0.4) is 0 Å². The van der Waals surface area contributed by atoms with Crippen molar-refractivity contribution in [1.82, 2.24) is 10.2 Å². The van der Waals surface area contributed by atoms with Gasteiger partial charge in [0.2, 0.25) is 0 Å². The molecule has 3 heteroatoms. The second-order valence-electron chi connectivity index (χ2n) is 5.43. The number of methoxy groups -OCH3 is 1. The number of piperidine rings is 1. The van der Waals surface area contributed by atoms with Gasteiger partial charge in [0.15, 0.2) is 0 Å². The third-order valence-electron chi connectivity index (χ3n) is 3.97. The van der Waals surface area contributed by atoms with Crippen LogP contribution in [-0.4, -0.2) is 37.7 Å². The molecule has 1 atom stereocenters. The molecule has 0 bridgehead atoms. The number of likely N-dealkylation sites (N-methyl/N-ethyl adjacent to an activating group) is 1. The summed E-state index contributed by atoms with van der Waals surface area (Å²) in [5.74, 6) is 0.987. The maximum atomic E-state index is 5.43. The number of nitrogens with one attached hydrogen (secondary N) is 1. The van der Waals surface area contributed by atoms with Crippen molar-refractivity contribution in [3.8, 4) is 5.75 Å². The van der Waals surface area contributed by atoms with Crippen molar-refractivity contribution in [3.05, 3.63) is 29.3 Å². The topological polar surface area (TPSA) is 24.5 Å². The van der Waals surface area contributed by atoms with Gasteiger partial charge in [0.1, 0.15) is 5.75 Å². The minimum absolute atomic E-state index is 0.610. The van der Waals surface area contributed by atoms with Gasteiger partial charge in [-0.05, 0) is 38.9 Å². The summed E-state index contributed by atoms with van der Waals surface area (Å²) >= 11 is 0. The maximum absolute atomic E-state index is 5.43. The van der Waals surface area contributed by atoms with E-state index in [4.69, 9.17) is 4.74 Å². The third kappa shape index (κ3) is 3.95. The number of hydrogen-bond acceptors (Lipinski definition) is 3. The van der Waals surface area contributed by atoms with E-state index in [-0.39, 0.29) is 0 Å². The molecule has 3 nitrogen and oxygen atoms in total. The molecule has 0 aromatic heterocycles. The molecule has 0 aliphatic carbocycles. The highest BCUT2D eigenvalue weighted by molar-refractivity contribution is 5.36. The predicted molar refractivity (Wildman–Crippen MR) is 79.7 cm³/mol. The molecule has 106 valence electrons. The average Bonchev–Trinajstić information content (AvgIpc) is 2.45. The fourth-order valence-corrected chi connectivity index (χ4v) is 2.81. The van der Waals surface area contributed by atoms with Gasteiger partial charge in [-0.15, -0.1) is 0 Å². The van der Waals surface area contributed by atoms with Gasteiger partial charge in [-0.1, -0.05) is 24.6 Å². The van der Waals surface area contributed by atoms with Gasteiger partial charge >= 0.3 is 0 Å². The van der Waals surface area contributed by atoms with E-state index in [9.17, 15) is 0 Å². The number of benzene rings is 1. The number of hydrogen-bond donors (Lipinski definition) is 1. The largest absolute Gasteiger partial charge is 0.496 e. The van der Waals surface area contributed by atoms with E-state index in [1.165, 1.54) is 37.1 Å². The van der Waals surface area contributed by atoms with Crippen LogP contribution in [0.25, 0.3) is 0 Å². The minimum atomic E-state index is 0.610. The van der Waals surface area contributed by atoms with Gasteiger partial charge in [0, 0.05) is 24.7 Å². The minimum Gasteiger partial charge on any atom is -0.496 e. The highest BCUT2D eigenvalue weighted by atomic mass is 16.5. The molecule has 0 radical (unpaired) electrons. The van der Waals surface area contributed by atoms with Crippen LogP contribution >= 0.6 is 0 Å². The fourth-order valence-electron chi connectivity index (χ4n) is 2.81. The molecule has 1 saturated heterocycles. The van der Waals surface area contributed by atoms with E-state index in [0.29, 0.717) is 6.04 Å². The second kappa shape index (κ2) is 6.92. The van der Waals surface area contributed by atoms with Crippen LogP contribution in [0, 0.1) is 6.92 Å². The zero-order valence-electron chi connectivity index (χ0n) is 12.4. The lowest BCUT2D eigenvalue weighted by Gasteiger charge is -2.32. The van der Waals surface area contributed by atoms with E-state index >= 15 is 0 Å². The summed E-state index contributed by atoms with van der Waals surface area (Å²) in [6.07, 6.45) is 2.58. The van der Waals surface area contributed by atoms with Crippen molar-refractivity contribution in [3.63, 3.8) is 0 Å². The van der Waals surface area contributed by atoms with E-state index in [1.807, 2.05) is 0 Å². The Balaban J connectivity index is 1.92. The van der Waals surface area contributed by atoms with Crippen LogP contribution in [0.5, 0.6) is 5.75 Å². The predicted octanol–water partition coefficient (Wildman–Crippen LogP) is 2.58. The smallest absolute Gasteiger partial charge is 0.123 e. The molecule has 0 spiro atoms. The van der Waals surface area contributed by atoms with Crippen molar-refractivity contribution < 1.29 is 4.74 Å². The molecule has 1 aromatic carbocycles. The van der Waals surface area contributed by atoms with Crippen LogP contribution < -0.4 is 10.1 Å². The van der Waals surface area contributed by atoms with Crippen LogP contribution in [-0.2, 0) is 6.54 Å². The first-order valence-electron chi connectivity index (χ1n) is 7.32. The Bertz CT molecular complexity index is 406. The molecule has 19 heavy (non-hydrogen) atoms. The second-order valence-corrected chi connectivity index (χ2v) is 5.43. The standard InChI is InChI=1S/C16H26N2O/c1-4-18-9-5-6-15(12-18)17-11-14-10-13(2)7-8-16(14)19-3/h7-8,10,15,17H,4-6,9,11-12H2,1-3H3. The van der Waals surface area contributed by atoms with Gasteiger partial charge in [0.25, 0.3) is 0 Å². The molecular formula is C16H26N2O. The Morgan fingerprint density at radius 2 is 2.26 bits per heavy atom. The Hall–Kier alpha value is -1.06. The Morgan fingerprint density at radius 1 is 1.42 bits per heavy atom. The zero-order chi connectivity index (χ0) is 13.7. The lowest BCUT2D eigenvalue weighted by atomic mass is 10.0. The van der Waals surface area contributed by atoms with Crippen LogP contribution in [0.1, 0.15) is 30.9 Å². The molecule has 1 aromatic rings. The number of aryl methyl sites for hydroxylation is 1. The fraction of sp³-hybridized carbons (Fsp3) is 0.625. The number of nitrogens with zero attached hydrogens (tertiary/aromatic N) is 1. The van der Waals surface area contributed by atoms with Crippen molar-refractivity contribution in [2.24, 2.45) is 0 Å². The molecule has 1 N–H and O–H groups in total. The summed E-state index contributed by atoms with van der Waals surface area (Å²) in [6.45, 7) is 8.85. The number of likely N-dealkylation sites (tertiary alicyclic amines) is 1. The van der Waals surface area contributed by atoms with Gasteiger partial charge in [-0.25, -0.2) is 0 Å².